The Morgan fingerprint density at radius 3 is 2.40 bits per heavy atom. The van der Waals surface area contributed by atoms with Crippen LogP contribution in [0, 0.1) is 0 Å². The van der Waals surface area contributed by atoms with Crippen LogP contribution in [-0.4, -0.2) is 27.6 Å². The van der Waals surface area contributed by atoms with Crippen LogP contribution in [0.4, 0.5) is 0 Å². The molecule has 0 aromatic rings. The lowest BCUT2D eigenvalue weighted by molar-refractivity contribution is -0.108. The summed E-state index contributed by atoms with van der Waals surface area (Å²) in [6.45, 7) is -0.0178. The van der Waals surface area contributed by atoms with E-state index in [-0.39, 0.29) is 6.61 Å². The van der Waals surface area contributed by atoms with Crippen molar-refractivity contribution in [1.82, 2.24) is 0 Å². The molecule has 0 bridgehead atoms. The zero-order valence-electron chi connectivity index (χ0n) is 5.30. The second kappa shape index (κ2) is 4.71. The van der Waals surface area contributed by atoms with E-state index in [0.29, 0.717) is 19.1 Å². The largest absolute Gasteiger partial charge is 0.567 e. The maximum Gasteiger partial charge on any atom is 0.567 e. The highest BCUT2D eigenvalue weighted by molar-refractivity contribution is 7.53. The molecule has 0 aliphatic rings. The highest BCUT2D eigenvalue weighted by atomic mass is 31.2. The van der Waals surface area contributed by atoms with Crippen LogP contribution in [0.15, 0.2) is 0 Å². The van der Waals surface area contributed by atoms with Crippen molar-refractivity contribution in [1.29, 1.82) is 0 Å². The first-order valence-electron chi connectivity index (χ1n) is 2.72. The number of carbonyl (C=O) groups is 1. The Labute approximate surface area is 58.9 Å². The molecule has 0 aliphatic heterocycles. The van der Waals surface area contributed by atoms with Gasteiger partial charge >= 0.3 is 8.17 Å². The van der Waals surface area contributed by atoms with Gasteiger partial charge in [-0.2, -0.15) is 19.2 Å². The van der Waals surface area contributed by atoms with E-state index in [4.69, 9.17) is 14.7 Å². The van der Waals surface area contributed by atoms with Crippen LogP contribution in [0.2, 0.25) is 0 Å². The number of hydrogen-bond donors (Lipinski definition) is 3. The molecule has 0 spiro atoms. The van der Waals surface area contributed by atoms with Gasteiger partial charge < -0.3 is 4.79 Å². The molecule has 0 fully saturated rings. The molecule has 0 heterocycles. The predicted molar refractivity (Wildman–Crippen MR) is 34.8 cm³/mol. The Morgan fingerprint density at radius 1 is 1.40 bits per heavy atom. The van der Waals surface area contributed by atoms with Crippen molar-refractivity contribution in [2.45, 2.75) is 12.8 Å². The molecule has 0 aromatic heterocycles. The average Bonchev–Trinajstić information content (AvgIpc) is 1.78. The molecule has 3 N–H and O–H groups in total. The summed E-state index contributed by atoms with van der Waals surface area (Å²) in [5, 5.41) is 0. The maximum absolute atomic E-state index is 9.70. The van der Waals surface area contributed by atoms with Gasteiger partial charge in [-0.1, -0.05) is 0 Å². The zero-order chi connectivity index (χ0) is 8.04. The molecular weight excluding hydrogens is 159 g/mol. The van der Waals surface area contributed by atoms with Gasteiger partial charge in [0.05, 0.1) is 0 Å². The van der Waals surface area contributed by atoms with Gasteiger partial charge in [0.25, 0.3) is 0 Å². The van der Waals surface area contributed by atoms with Gasteiger partial charge in [0, 0.05) is 6.42 Å². The number of unbranched alkanes of at least 4 members (excludes halogenated alkanes) is 1. The minimum atomic E-state index is -4.07. The lowest BCUT2D eigenvalue weighted by Crippen LogP contribution is -1.97. The quantitative estimate of drug-likeness (QED) is 0.297. The fraction of sp³-hybridized carbons (Fsp3) is 0.750. The van der Waals surface area contributed by atoms with Crippen molar-refractivity contribution in [3.63, 3.8) is 0 Å². The number of carbonyl (C=O) groups excluding carboxylic acids is 1. The normalized spacial score (nSPS) is 11.5. The minimum absolute atomic E-state index is 0.0178. The fourth-order valence-corrected chi connectivity index (χ4v) is 0.728. The number of rotatable bonds is 5. The van der Waals surface area contributed by atoms with Gasteiger partial charge in [-0.25, -0.2) is 0 Å². The summed E-state index contributed by atoms with van der Waals surface area (Å²) < 4.78 is 4.15. The summed E-state index contributed by atoms with van der Waals surface area (Å²) in [7, 11) is -4.07. The third-order valence-corrected chi connectivity index (χ3v) is 1.26. The van der Waals surface area contributed by atoms with Crippen molar-refractivity contribution < 1.29 is 24.0 Å². The van der Waals surface area contributed by atoms with Crippen molar-refractivity contribution in [2.24, 2.45) is 0 Å². The number of hydrogen-bond acceptors (Lipinski definition) is 5. The summed E-state index contributed by atoms with van der Waals surface area (Å²) in [6, 6.07) is 0. The smallest absolute Gasteiger partial charge is 0.303 e. The maximum atomic E-state index is 9.70. The minimum Gasteiger partial charge on any atom is -0.303 e. The molecule has 0 radical (unpaired) electrons. The summed E-state index contributed by atoms with van der Waals surface area (Å²) in [5.74, 6) is 0. The van der Waals surface area contributed by atoms with Gasteiger partial charge in [0.1, 0.15) is 12.9 Å². The Kier molecular flexibility index (Phi) is 4.68. The van der Waals surface area contributed by atoms with Crippen LogP contribution < -0.4 is 0 Å². The highest BCUT2D eigenvalue weighted by Crippen LogP contribution is 2.45. The monoisotopic (exact) mass is 169 g/mol. The van der Waals surface area contributed by atoms with E-state index in [2.05, 4.69) is 4.52 Å². The van der Waals surface area contributed by atoms with Crippen LogP contribution in [0.1, 0.15) is 12.8 Å². The summed E-state index contributed by atoms with van der Waals surface area (Å²) in [5.41, 5.74) is 0. The SMILES string of the molecule is O=CCCCO[P+](O)(O)O. The van der Waals surface area contributed by atoms with E-state index in [9.17, 15) is 4.79 Å². The molecule has 0 aromatic carbocycles. The van der Waals surface area contributed by atoms with Gasteiger partial charge in [-0.15, -0.1) is 0 Å². The van der Waals surface area contributed by atoms with Gasteiger partial charge in [-0.3, -0.25) is 0 Å². The van der Waals surface area contributed by atoms with Crippen molar-refractivity contribution >= 4 is 14.5 Å². The molecule has 0 amide bonds. The van der Waals surface area contributed by atoms with Crippen LogP contribution in [-0.2, 0) is 9.32 Å². The summed E-state index contributed by atoms with van der Waals surface area (Å²) in [6.07, 6.45) is 1.36. The first kappa shape index (κ1) is 9.94. The fourth-order valence-electron chi connectivity index (χ4n) is 0.354. The Hall–Kier alpha value is -0.0600. The Morgan fingerprint density at radius 2 is 2.00 bits per heavy atom. The Bertz CT molecular complexity index is 98.3. The third kappa shape index (κ3) is 7.94. The molecule has 0 unspecified atom stereocenters. The standard InChI is InChI=1S/C4H10O5P/c5-3-1-2-4-9-10(6,7)8/h3,6-8H,1-2,4H2/q+1. The van der Waals surface area contributed by atoms with E-state index in [1.807, 2.05) is 0 Å². The van der Waals surface area contributed by atoms with E-state index in [0.717, 1.165) is 0 Å². The molecule has 0 atom stereocenters. The average molecular weight is 169 g/mol. The third-order valence-electron chi connectivity index (χ3n) is 0.731. The highest BCUT2D eigenvalue weighted by Gasteiger charge is 2.32. The lowest BCUT2D eigenvalue weighted by Gasteiger charge is -1.99. The molecule has 0 saturated carbocycles. The first-order valence-corrected chi connectivity index (χ1v) is 4.28. The molecule has 60 valence electrons. The second-order valence-corrected chi connectivity index (χ2v) is 2.94. The molecule has 0 rings (SSSR count). The lowest BCUT2D eigenvalue weighted by atomic mass is 10.4. The zero-order valence-corrected chi connectivity index (χ0v) is 6.20. The van der Waals surface area contributed by atoms with Crippen LogP contribution in [0.3, 0.4) is 0 Å². The van der Waals surface area contributed by atoms with Crippen molar-refractivity contribution in [3.8, 4) is 0 Å². The molecule has 0 saturated heterocycles. The van der Waals surface area contributed by atoms with Crippen LogP contribution >= 0.6 is 8.17 Å². The molecule has 10 heavy (non-hydrogen) atoms. The van der Waals surface area contributed by atoms with Gasteiger partial charge in [0.2, 0.25) is 0 Å². The number of aldehydes is 1. The van der Waals surface area contributed by atoms with Crippen molar-refractivity contribution in [2.75, 3.05) is 6.61 Å². The van der Waals surface area contributed by atoms with E-state index in [1.165, 1.54) is 0 Å². The van der Waals surface area contributed by atoms with Crippen LogP contribution in [0.25, 0.3) is 0 Å². The topological polar surface area (TPSA) is 87.0 Å². The Balaban J connectivity index is 3.12. The van der Waals surface area contributed by atoms with E-state index in [1.54, 1.807) is 0 Å². The summed E-state index contributed by atoms with van der Waals surface area (Å²) in [4.78, 5) is 34.4. The van der Waals surface area contributed by atoms with Gasteiger partial charge in [0.15, 0.2) is 0 Å². The van der Waals surface area contributed by atoms with E-state index < -0.39 is 8.17 Å². The molecule has 5 nitrogen and oxygen atoms in total. The van der Waals surface area contributed by atoms with Gasteiger partial charge in [-0.05, 0) is 6.42 Å². The predicted octanol–water partition coefficient (Wildman–Crippen LogP) is -0.363. The molecular formula is C4H10O5P+. The van der Waals surface area contributed by atoms with E-state index >= 15 is 0 Å². The summed E-state index contributed by atoms with van der Waals surface area (Å²) >= 11 is 0. The van der Waals surface area contributed by atoms with Crippen LogP contribution in [0.5, 0.6) is 0 Å². The molecule has 6 heteroatoms. The van der Waals surface area contributed by atoms with Crippen molar-refractivity contribution in [3.05, 3.63) is 0 Å². The first-order chi connectivity index (χ1) is 4.56. The molecule has 0 aliphatic carbocycles. The second-order valence-electron chi connectivity index (χ2n) is 1.66.